The van der Waals surface area contributed by atoms with Gasteiger partial charge in [-0.25, -0.2) is 4.79 Å². The van der Waals surface area contributed by atoms with Crippen LogP contribution in [0.25, 0.3) is 0 Å². The molecule has 1 rings (SSSR count). The van der Waals surface area contributed by atoms with Crippen molar-refractivity contribution in [3.63, 3.8) is 0 Å². The van der Waals surface area contributed by atoms with Crippen molar-refractivity contribution in [1.29, 1.82) is 0 Å². The fourth-order valence-electron chi connectivity index (χ4n) is 1.21. The Hall–Kier alpha value is -1.70. The first kappa shape index (κ1) is 14.4. The van der Waals surface area contributed by atoms with E-state index in [0.717, 1.165) is 11.4 Å². The van der Waals surface area contributed by atoms with Gasteiger partial charge in [0.1, 0.15) is 5.01 Å². The van der Waals surface area contributed by atoms with Gasteiger partial charge in [-0.2, -0.15) is 0 Å². The zero-order chi connectivity index (χ0) is 13.7. The molecule has 7 nitrogen and oxygen atoms in total. The molecule has 8 heteroatoms. The Morgan fingerprint density at radius 2 is 2.17 bits per heavy atom. The summed E-state index contributed by atoms with van der Waals surface area (Å²) in [4.78, 5) is 23.7. The van der Waals surface area contributed by atoms with Gasteiger partial charge >= 0.3 is 12.0 Å². The van der Waals surface area contributed by atoms with E-state index in [2.05, 4.69) is 15.5 Å². The van der Waals surface area contributed by atoms with Crippen LogP contribution >= 0.6 is 11.3 Å². The molecule has 0 saturated heterocycles. The normalized spacial score (nSPS) is 11.9. The molecule has 0 aromatic carbocycles. The van der Waals surface area contributed by atoms with Crippen LogP contribution in [0.4, 0.5) is 9.93 Å². The van der Waals surface area contributed by atoms with Crippen LogP contribution in [0, 0.1) is 5.92 Å². The lowest BCUT2D eigenvalue weighted by Crippen LogP contribution is -2.36. The molecule has 0 spiro atoms. The van der Waals surface area contributed by atoms with Crippen molar-refractivity contribution < 1.29 is 14.7 Å². The fraction of sp³-hybridized carbons (Fsp3) is 0.600. The lowest BCUT2D eigenvalue weighted by Gasteiger charge is -2.18. The van der Waals surface area contributed by atoms with Gasteiger partial charge < -0.3 is 10.0 Å². The number of carbonyl (C=O) groups is 2. The average molecular weight is 272 g/mol. The molecule has 0 aliphatic heterocycles. The largest absolute Gasteiger partial charge is 0.481 e. The molecule has 1 heterocycles. The van der Waals surface area contributed by atoms with Gasteiger partial charge in [-0.15, -0.1) is 10.2 Å². The second-order valence-corrected chi connectivity index (χ2v) is 4.97. The summed E-state index contributed by atoms with van der Waals surface area (Å²) in [7, 11) is 1.54. The molecule has 1 aromatic rings. The molecule has 0 aliphatic rings. The standard InChI is InChI=1S/C10H16N4O3S/c1-4-7-12-13-9(18-7)11-10(17)14(3)5-6(2)8(15)16/h6H,4-5H2,1-3H3,(H,15,16)(H,11,13,17). The number of aromatic nitrogens is 2. The van der Waals surface area contributed by atoms with Gasteiger partial charge in [0.25, 0.3) is 0 Å². The number of aliphatic carboxylic acids is 1. The number of aryl methyl sites for hydroxylation is 1. The molecule has 0 bridgehead atoms. The second kappa shape index (κ2) is 6.29. The first-order valence-electron chi connectivity index (χ1n) is 5.51. The molecular weight excluding hydrogens is 256 g/mol. The van der Waals surface area contributed by atoms with Gasteiger partial charge in [0.05, 0.1) is 5.92 Å². The Morgan fingerprint density at radius 1 is 1.50 bits per heavy atom. The highest BCUT2D eigenvalue weighted by Gasteiger charge is 2.18. The number of anilines is 1. The summed E-state index contributed by atoms with van der Waals surface area (Å²) >= 11 is 1.31. The number of nitrogens with one attached hydrogen (secondary N) is 1. The van der Waals surface area contributed by atoms with Gasteiger partial charge in [-0.05, 0) is 6.42 Å². The maximum atomic E-state index is 11.7. The van der Waals surface area contributed by atoms with E-state index in [0.29, 0.717) is 5.13 Å². The Balaban J connectivity index is 2.51. The minimum absolute atomic E-state index is 0.139. The van der Waals surface area contributed by atoms with Gasteiger partial charge in [0, 0.05) is 13.6 Å². The predicted molar refractivity (Wildman–Crippen MR) is 67.7 cm³/mol. The number of urea groups is 1. The molecule has 0 saturated carbocycles. The number of carboxylic acid groups (broad SMARTS) is 1. The Morgan fingerprint density at radius 3 is 2.67 bits per heavy atom. The molecule has 2 amide bonds. The average Bonchev–Trinajstić information content (AvgIpc) is 2.76. The van der Waals surface area contributed by atoms with E-state index in [4.69, 9.17) is 5.11 Å². The van der Waals surface area contributed by atoms with Gasteiger partial charge in [-0.1, -0.05) is 25.2 Å². The van der Waals surface area contributed by atoms with Crippen LogP contribution in [0.5, 0.6) is 0 Å². The SMILES string of the molecule is CCc1nnc(NC(=O)N(C)CC(C)C(=O)O)s1. The van der Waals surface area contributed by atoms with E-state index >= 15 is 0 Å². The summed E-state index contributed by atoms with van der Waals surface area (Å²) in [5.41, 5.74) is 0. The summed E-state index contributed by atoms with van der Waals surface area (Å²) in [5, 5.41) is 20.3. The van der Waals surface area contributed by atoms with Crippen LogP contribution in [0.15, 0.2) is 0 Å². The number of amides is 2. The summed E-state index contributed by atoms with van der Waals surface area (Å²) in [6.07, 6.45) is 0.763. The number of nitrogens with zero attached hydrogens (tertiary/aromatic N) is 3. The number of rotatable bonds is 5. The van der Waals surface area contributed by atoms with Crippen LogP contribution in [0.2, 0.25) is 0 Å². The van der Waals surface area contributed by atoms with Crippen molar-refractivity contribution in [2.24, 2.45) is 5.92 Å². The van der Waals surface area contributed by atoms with E-state index in [1.807, 2.05) is 6.92 Å². The maximum Gasteiger partial charge on any atom is 0.323 e. The molecular formula is C10H16N4O3S. The number of hydrogen-bond acceptors (Lipinski definition) is 5. The van der Waals surface area contributed by atoms with E-state index in [1.165, 1.54) is 23.3 Å². The topological polar surface area (TPSA) is 95.4 Å². The van der Waals surface area contributed by atoms with Crippen molar-refractivity contribution in [3.05, 3.63) is 5.01 Å². The Labute approximate surface area is 109 Å². The third-order valence-corrected chi connectivity index (χ3v) is 3.28. The lowest BCUT2D eigenvalue weighted by atomic mass is 10.2. The minimum Gasteiger partial charge on any atom is -0.481 e. The van der Waals surface area contributed by atoms with Crippen LogP contribution in [0.3, 0.4) is 0 Å². The summed E-state index contributed by atoms with van der Waals surface area (Å²) in [6.45, 7) is 3.64. The Kier molecular flexibility index (Phi) is 5.02. The Bertz CT molecular complexity index is 435. The van der Waals surface area contributed by atoms with Gasteiger partial charge in [0.15, 0.2) is 0 Å². The number of carbonyl (C=O) groups excluding carboxylic acids is 1. The lowest BCUT2D eigenvalue weighted by molar-refractivity contribution is -0.141. The quantitative estimate of drug-likeness (QED) is 0.842. The van der Waals surface area contributed by atoms with Crippen molar-refractivity contribution in [2.75, 3.05) is 18.9 Å². The summed E-state index contributed by atoms with van der Waals surface area (Å²) in [6, 6.07) is -0.387. The van der Waals surface area contributed by atoms with Gasteiger partial charge in [0.2, 0.25) is 5.13 Å². The molecule has 2 N–H and O–H groups in total. The van der Waals surface area contributed by atoms with Crippen molar-refractivity contribution >= 4 is 28.5 Å². The van der Waals surface area contributed by atoms with E-state index in [9.17, 15) is 9.59 Å². The van der Waals surface area contributed by atoms with Crippen molar-refractivity contribution in [2.45, 2.75) is 20.3 Å². The monoisotopic (exact) mass is 272 g/mol. The molecule has 1 atom stereocenters. The predicted octanol–water partition coefficient (Wildman–Crippen LogP) is 1.28. The highest BCUT2D eigenvalue weighted by molar-refractivity contribution is 7.15. The van der Waals surface area contributed by atoms with Crippen LogP contribution in [-0.2, 0) is 11.2 Å². The zero-order valence-electron chi connectivity index (χ0n) is 10.5. The smallest absolute Gasteiger partial charge is 0.323 e. The summed E-state index contributed by atoms with van der Waals surface area (Å²) < 4.78 is 0. The van der Waals surface area contributed by atoms with Crippen LogP contribution in [0.1, 0.15) is 18.9 Å². The van der Waals surface area contributed by atoms with E-state index in [1.54, 1.807) is 6.92 Å². The number of carboxylic acids is 1. The molecule has 0 radical (unpaired) electrons. The molecule has 0 fully saturated rings. The third kappa shape index (κ3) is 3.95. The molecule has 1 unspecified atom stereocenters. The van der Waals surface area contributed by atoms with Crippen molar-refractivity contribution in [3.8, 4) is 0 Å². The maximum absolute atomic E-state index is 11.7. The molecule has 100 valence electrons. The molecule has 0 aliphatic carbocycles. The van der Waals surface area contributed by atoms with Crippen molar-refractivity contribution in [1.82, 2.24) is 15.1 Å². The van der Waals surface area contributed by atoms with Gasteiger partial charge in [-0.3, -0.25) is 10.1 Å². The minimum atomic E-state index is -0.932. The molecule has 1 aromatic heterocycles. The number of hydrogen-bond donors (Lipinski definition) is 2. The zero-order valence-corrected chi connectivity index (χ0v) is 11.3. The first-order valence-corrected chi connectivity index (χ1v) is 6.33. The fourth-order valence-corrected chi connectivity index (χ4v) is 1.87. The second-order valence-electron chi connectivity index (χ2n) is 3.90. The summed E-state index contributed by atoms with van der Waals surface area (Å²) in [5.74, 6) is -1.54. The van der Waals surface area contributed by atoms with E-state index < -0.39 is 11.9 Å². The van der Waals surface area contributed by atoms with Crippen LogP contribution < -0.4 is 5.32 Å². The van der Waals surface area contributed by atoms with E-state index in [-0.39, 0.29) is 12.6 Å². The molecule has 18 heavy (non-hydrogen) atoms. The van der Waals surface area contributed by atoms with Crippen LogP contribution in [-0.4, -0.2) is 45.8 Å². The third-order valence-electron chi connectivity index (χ3n) is 2.30. The highest BCUT2D eigenvalue weighted by Crippen LogP contribution is 2.15. The first-order chi connectivity index (χ1) is 8.43. The highest BCUT2D eigenvalue weighted by atomic mass is 32.1.